The maximum atomic E-state index is 12.3. The van der Waals surface area contributed by atoms with Crippen LogP contribution in [0.2, 0.25) is 0 Å². The molecule has 124 valence electrons. The van der Waals surface area contributed by atoms with Gasteiger partial charge in [0.15, 0.2) is 0 Å². The minimum Gasteiger partial charge on any atom is -0.369 e. The van der Waals surface area contributed by atoms with Gasteiger partial charge in [0.2, 0.25) is 5.91 Å². The summed E-state index contributed by atoms with van der Waals surface area (Å²) in [5.74, 6) is 3.25. The molecule has 22 heavy (non-hydrogen) atoms. The van der Waals surface area contributed by atoms with Gasteiger partial charge >= 0.3 is 0 Å². The third kappa shape index (κ3) is 1.70. The SMILES string of the molecule is CC1C[C@@]23CCC4[C@@](C)(CCC[C@@]4(C)C(N)=O)C2CC[C@@H]1C3. The highest BCUT2D eigenvalue weighted by molar-refractivity contribution is 5.81. The van der Waals surface area contributed by atoms with E-state index in [1.165, 1.54) is 51.4 Å². The number of amides is 1. The van der Waals surface area contributed by atoms with Crippen molar-refractivity contribution in [3.05, 3.63) is 0 Å². The van der Waals surface area contributed by atoms with Crippen LogP contribution in [0.3, 0.4) is 0 Å². The first-order valence-electron chi connectivity index (χ1n) is 9.62. The molecule has 4 fully saturated rings. The molecular weight excluding hydrogens is 270 g/mol. The van der Waals surface area contributed by atoms with Crippen LogP contribution in [0.15, 0.2) is 0 Å². The molecule has 0 aromatic heterocycles. The molecule has 4 rings (SSSR count). The Balaban J connectivity index is 1.73. The minimum absolute atomic E-state index is 0.0344. The first-order valence-corrected chi connectivity index (χ1v) is 9.62. The van der Waals surface area contributed by atoms with Crippen LogP contribution >= 0.6 is 0 Å². The van der Waals surface area contributed by atoms with Gasteiger partial charge in [0, 0.05) is 5.41 Å². The van der Waals surface area contributed by atoms with Crippen LogP contribution in [0.25, 0.3) is 0 Å². The van der Waals surface area contributed by atoms with Gasteiger partial charge in [-0.15, -0.1) is 0 Å². The molecule has 0 heterocycles. The van der Waals surface area contributed by atoms with Crippen LogP contribution in [0, 0.1) is 39.9 Å². The Morgan fingerprint density at radius 1 is 1.00 bits per heavy atom. The van der Waals surface area contributed by atoms with Crippen LogP contribution < -0.4 is 5.73 Å². The average Bonchev–Trinajstić information content (AvgIpc) is 2.68. The van der Waals surface area contributed by atoms with Crippen molar-refractivity contribution < 1.29 is 4.79 Å². The Bertz CT molecular complexity index is 498. The van der Waals surface area contributed by atoms with Gasteiger partial charge in [-0.2, -0.15) is 0 Å². The molecule has 1 amide bonds. The van der Waals surface area contributed by atoms with Gasteiger partial charge in [0.1, 0.15) is 0 Å². The third-order valence-electron chi connectivity index (χ3n) is 9.03. The second kappa shape index (κ2) is 4.51. The molecule has 2 heteroatoms. The fourth-order valence-electron chi connectivity index (χ4n) is 8.09. The lowest BCUT2D eigenvalue weighted by molar-refractivity contribution is -0.165. The summed E-state index contributed by atoms with van der Waals surface area (Å²) in [5.41, 5.74) is 6.61. The van der Waals surface area contributed by atoms with Crippen molar-refractivity contribution >= 4 is 5.91 Å². The molecule has 0 aromatic carbocycles. The Hall–Kier alpha value is -0.530. The van der Waals surface area contributed by atoms with E-state index in [9.17, 15) is 4.79 Å². The van der Waals surface area contributed by atoms with Gasteiger partial charge in [-0.1, -0.05) is 27.2 Å². The van der Waals surface area contributed by atoms with Crippen LogP contribution in [0.1, 0.15) is 78.6 Å². The molecule has 4 aliphatic carbocycles. The lowest BCUT2D eigenvalue weighted by Crippen LogP contribution is -2.59. The zero-order chi connectivity index (χ0) is 15.8. The predicted octanol–water partition coefficient (Wildman–Crippen LogP) is 4.52. The van der Waals surface area contributed by atoms with Crippen LogP contribution in [0.5, 0.6) is 0 Å². The summed E-state index contributed by atoms with van der Waals surface area (Å²) >= 11 is 0. The van der Waals surface area contributed by atoms with Gasteiger partial charge in [-0.3, -0.25) is 4.79 Å². The normalized spacial score (nSPS) is 57.0. The standard InChI is InChI=1S/C20H33NO/c1-13-11-20-10-7-15-18(2,16(20)6-5-14(13)12-20)8-4-9-19(15,3)17(21)22/h13-16H,4-12H2,1-3H3,(H2,21,22)/t13?,14-,15?,16?,18-,19-,20-/m1/s1. The van der Waals surface area contributed by atoms with Crippen molar-refractivity contribution in [2.75, 3.05) is 0 Å². The van der Waals surface area contributed by atoms with Gasteiger partial charge in [0.05, 0.1) is 0 Å². The topological polar surface area (TPSA) is 43.1 Å². The maximum Gasteiger partial charge on any atom is 0.223 e. The summed E-state index contributed by atoms with van der Waals surface area (Å²) < 4.78 is 0. The Morgan fingerprint density at radius 3 is 2.50 bits per heavy atom. The van der Waals surface area contributed by atoms with Crippen molar-refractivity contribution in [3.63, 3.8) is 0 Å². The number of primary amides is 1. The van der Waals surface area contributed by atoms with E-state index in [0.717, 1.165) is 24.2 Å². The van der Waals surface area contributed by atoms with E-state index < -0.39 is 0 Å². The summed E-state index contributed by atoms with van der Waals surface area (Å²) in [6.07, 6.45) is 11.9. The first-order chi connectivity index (χ1) is 10.3. The molecule has 2 N–H and O–H groups in total. The number of rotatable bonds is 1. The summed E-state index contributed by atoms with van der Waals surface area (Å²) in [4.78, 5) is 12.3. The van der Waals surface area contributed by atoms with Crippen molar-refractivity contribution in [3.8, 4) is 0 Å². The number of hydrogen-bond donors (Lipinski definition) is 1. The maximum absolute atomic E-state index is 12.3. The predicted molar refractivity (Wildman–Crippen MR) is 89.0 cm³/mol. The van der Waals surface area contributed by atoms with Gasteiger partial charge in [0.25, 0.3) is 0 Å². The number of nitrogens with two attached hydrogens (primary N) is 1. The Morgan fingerprint density at radius 2 is 1.77 bits per heavy atom. The van der Waals surface area contributed by atoms with E-state index in [-0.39, 0.29) is 11.3 Å². The van der Waals surface area contributed by atoms with E-state index in [0.29, 0.717) is 16.7 Å². The number of carbonyl (C=O) groups is 1. The van der Waals surface area contributed by atoms with E-state index in [2.05, 4.69) is 20.8 Å². The molecule has 4 aliphatic rings. The van der Waals surface area contributed by atoms with Crippen LogP contribution in [-0.2, 0) is 4.79 Å². The molecule has 3 unspecified atom stereocenters. The second-order valence-corrected chi connectivity index (χ2v) is 9.87. The lowest BCUT2D eigenvalue weighted by Gasteiger charge is -2.63. The van der Waals surface area contributed by atoms with E-state index >= 15 is 0 Å². The molecule has 4 saturated carbocycles. The Labute approximate surface area is 135 Å². The molecule has 7 atom stereocenters. The monoisotopic (exact) mass is 303 g/mol. The largest absolute Gasteiger partial charge is 0.369 e. The fourth-order valence-corrected chi connectivity index (χ4v) is 8.09. The van der Waals surface area contributed by atoms with Crippen molar-refractivity contribution in [1.82, 2.24) is 0 Å². The third-order valence-corrected chi connectivity index (χ3v) is 9.03. The average molecular weight is 303 g/mol. The number of fused-ring (bicyclic) bond motifs is 3. The molecule has 0 aromatic rings. The summed E-state index contributed by atoms with van der Waals surface area (Å²) in [6.45, 7) is 7.20. The van der Waals surface area contributed by atoms with E-state index in [1.807, 2.05) is 0 Å². The summed E-state index contributed by atoms with van der Waals surface area (Å²) in [5, 5.41) is 0. The van der Waals surface area contributed by atoms with E-state index in [1.54, 1.807) is 0 Å². The second-order valence-electron chi connectivity index (χ2n) is 9.87. The highest BCUT2D eigenvalue weighted by atomic mass is 16.1. The van der Waals surface area contributed by atoms with Crippen LogP contribution in [-0.4, -0.2) is 5.91 Å². The fraction of sp³-hybridized carbons (Fsp3) is 0.950. The number of hydrogen-bond acceptors (Lipinski definition) is 1. The number of carbonyl (C=O) groups excluding carboxylic acids is 1. The highest BCUT2D eigenvalue weighted by Gasteiger charge is 2.64. The molecule has 1 spiro atoms. The molecular formula is C20H33NO. The molecule has 0 saturated heterocycles. The van der Waals surface area contributed by atoms with Crippen molar-refractivity contribution in [2.24, 2.45) is 45.7 Å². The van der Waals surface area contributed by atoms with Crippen molar-refractivity contribution in [2.45, 2.75) is 78.6 Å². The zero-order valence-electron chi connectivity index (χ0n) is 14.7. The van der Waals surface area contributed by atoms with Gasteiger partial charge in [-0.25, -0.2) is 0 Å². The molecule has 0 aliphatic heterocycles. The van der Waals surface area contributed by atoms with E-state index in [4.69, 9.17) is 5.73 Å². The zero-order valence-corrected chi connectivity index (χ0v) is 14.7. The van der Waals surface area contributed by atoms with Crippen molar-refractivity contribution in [1.29, 1.82) is 0 Å². The summed E-state index contributed by atoms with van der Waals surface area (Å²) in [6, 6.07) is 0. The summed E-state index contributed by atoms with van der Waals surface area (Å²) in [7, 11) is 0. The quantitative estimate of drug-likeness (QED) is 0.760. The first kappa shape index (κ1) is 15.0. The highest BCUT2D eigenvalue weighted by Crippen LogP contribution is 2.72. The molecule has 2 nitrogen and oxygen atoms in total. The lowest BCUT2D eigenvalue weighted by atomic mass is 9.41. The molecule has 2 bridgehead atoms. The Kier molecular flexibility index (Phi) is 3.08. The van der Waals surface area contributed by atoms with Crippen LogP contribution in [0.4, 0.5) is 0 Å². The van der Waals surface area contributed by atoms with Gasteiger partial charge in [-0.05, 0) is 85.9 Å². The van der Waals surface area contributed by atoms with Gasteiger partial charge < -0.3 is 5.73 Å². The smallest absolute Gasteiger partial charge is 0.223 e. The molecule has 0 radical (unpaired) electrons. The minimum atomic E-state index is -0.254.